The van der Waals surface area contributed by atoms with E-state index in [-0.39, 0.29) is 0 Å². The molecule has 1 nitrogen and oxygen atoms in total. The van der Waals surface area contributed by atoms with Gasteiger partial charge in [0.2, 0.25) is 0 Å². The molecule has 66 valence electrons. The Kier molecular flexibility index (Phi) is 2.58. The Morgan fingerprint density at radius 1 is 1.45 bits per heavy atom. The Balaban J connectivity index is 2.64. The lowest BCUT2D eigenvalue weighted by Gasteiger charge is -2.37. The first kappa shape index (κ1) is 9.05. The van der Waals surface area contributed by atoms with Crippen LogP contribution in [0.25, 0.3) is 0 Å². The molecule has 0 spiro atoms. The molecular formula is C10H21N. The lowest BCUT2D eigenvalue weighted by atomic mass is 9.95. The molecule has 1 heterocycles. The maximum Gasteiger partial charge on any atom is 0.0182 e. The summed E-state index contributed by atoms with van der Waals surface area (Å²) in [7, 11) is 0. The molecule has 0 aromatic carbocycles. The SMILES string of the molecule is CC[C@]1(C)CCCN1C(C)C. The van der Waals surface area contributed by atoms with Crippen LogP contribution in [0.5, 0.6) is 0 Å². The van der Waals surface area contributed by atoms with Crippen molar-refractivity contribution >= 4 is 0 Å². The topological polar surface area (TPSA) is 3.24 Å². The fourth-order valence-electron chi connectivity index (χ4n) is 2.31. The normalized spacial score (nSPS) is 33.5. The average Bonchev–Trinajstić information content (AvgIpc) is 2.32. The molecule has 0 radical (unpaired) electrons. The minimum atomic E-state index is 0.508. The third kappa shape index (κ3) is 1.58. The third-order valence-corrected chi connectivity index (χ3v) is 3.19. The van der Waals surface area contributed by atoms with Crippen LogP contribution in [0.1, 0.15) is 47.0 Å². The standard InChI is InChI=1S/C10H21N/c1-5-10(4)7-6-8-11(10)9(2)3/h9H,5-8H2,1-4H3/t10-/m1/s1. The number of hydrogen-bond acceptors (Lipinski definition) is 1. The summed E-state index contributed by atoms with van der Waals surface area (Å²) >= 11 is 0. The van der Waals surface area contributed by atoms with Crippen molar-refractivity contribution in [3.63, 3.8) is 0 Å². The third-order valence-electron chi connectivity index (χ3n) is 3.19. The highest BCUT2D eigenvalue weighted by molar-refractivity contribution is 4.92. The van der Waals surface area contributed by atoms with Gasteiger partial charge in [0.05, 0.1) is 0 Å². The van der Waals surface area contributed by atoms with Crippen LogP contribution in [0.3, 0.4) is 0 Å². The monoisotopic (exact) mass is 155 g/mol. The van der Waals surface area contributed by atoms with E-state index in [1.54, 1.807) is 0 Å². The van der Waals surface area contributed by atoms with Gasteiger partial charge >= 0.3 is 0 Å². The molecule has 0 aromatic rings. The lowest BCUT2D eigenvalue weighted by molar-refractivity contribution is 0.114. The Labute approximate surface area is 70.8 Å². The first-order valence-electron chi connectivity index (χ1n) is 4.87. The van der Waals surface area contributed by atoms with E-state index in [4.69, 9.17) is 0 Å². The first-order valence-corrected chi connectivity index (χ1v) is 4.87. The molecule has 0 aromatic heterocycles. The van der Waals surface area contributed by atoms with Gasteiger partial charge in [0.25, 0.3) is 0 Å². The van der Waals surface area contributed by atoms with Gasteiger partial charge in [-0.05, 0) is 46.6 Å². The summed E-state index contributed by atoms with van der Waals surface area (Å²) in [5.74, 6) is 0. The minimum absolute atomic E-state index is 0.508. The Morgan fingerprint density at radius 3 is 2.45 bits per heavy atom. The molecule has 1 rings (SSSR count). The molecule has 1 aliphatic rings. The van der Waals surface area contributed by atoms with Crippen molar-refractivity contribution in [2.75, 3.05) is 6.54 Å². The molecule has 0 bridgehead atoms. The van der Waals surface area contributed by atoms with Crippen molar-refractivity contribution in [2.45, 2.75) is 58.5 Å². The second kappa shape index (κ2) is 3.14. The van der Waals surface area contributed by atoms with E-state index in [0.717, 1.165) is 6.04 Å². The van der Waals surface area contributed by atoms with Crippen molar-refractivity contribution in [3.05, 3.63) is 0 Å². The maximum atomic E-state index is 2.65. The molecule has 1 heteroatoms. The molecule has 1 atom stereocenters. The summed E-state index contributed by atoms with van der Waals surface area (Å²) in [6.45, 7) is 10.6. The van der Waals surface area contributed by atoms with Crippen LogP contribution in [0.4, 0.5) is 0 Å². The van der Waals surface area contributed by atoms with Gasteiger partial charge in [0.15, 0.2) is 0 Å². The number of hydrogen-bond donors (Lipinski definition) is 0. The maximum absolute atomic E-state index is 2.65. The van der Waals surface area contributed by atoms with E-state index in [1.807, 2.05) is 0 Å². The van der Waals surface area contributed by atoms with Crippen LogP contribution in [0.2, 0.25) is 0 Å². The second-order valence-electron chi connectivity index (χ2n) is 4.24. The fraction of sp³-hybridized carbons (Fsp3) is 1.00. The van der Waals surface area contributed by atoms with E-state index in [2.05, 4.69) is 32.6 Å². The van der Waals surface area contributed by atoms with Crippen molar-refractivity contribution < 1.29 is 0 Å². The van der Waals surface area contributed by atoms with Crippen LogP contribution in [0.15, 0.2) is 0 Å². The van der Waals surface area contributed by atoms with Crippen molar-refractivity contribution in [2.24, 2.45) is 0 Å². The van der Waals surface area contributed by atoms with Gasteiger partial charge in [-0.2, -0.15) is 0 Å². The Hall–Kier alpha value is -0.0400. The molecule has 1 fully saturated rings. The van der Waals surface area contributed by atoms with E-state index >= 15 is 0 Å². The number of nitrogens with zero attached hydrogens (tertiary/aromatic N) is 1. The zero-order chi connectivity index (χ0) is 8.48. The predicted octanol–water partition coefficient (Wildman–Crippen LogP) is 2.66. The zero-order valence-electron chi connectivity index (χ0n) is 8.35. The number of likely N-dealkylation sites (tertiary alicyclic amines) is 1. The van der Waals surface area contributed by atoms with E-state index in [1.165, 1.54) is 25.8 Å². The highest BCUT2D eigenvalue weighted by Crippen LogP contribution is 2.33. The molecular weight excluding hydrogens is 134 g/mol. The average molecular weight is 155 g/mol. The molecule has 1 aliphatic heterocycles. The van der Waals surface area contributed by atoms with E-state index in [9.17, 15) is 0 Å². The Bertz CT molecular complexity index is 131. The largest absolute Gasteiger partial charge is 0.296 e. The van der Waals surface area contributed by atoms with Crippen LogP contribution in [0, 0.1) is 0 Å². The molecule has 11 heavy (non-hydrogen) atoms. The fourth-order valence-corrected chi connectivity index (χ4v) is 2.31. The van der Waals surface area contributed by atoms with Crippen LogP contribution < -0.4 is 0 Å². The quantitative estimate of drug-likeness (QED) is 0.592. The molecule has 0 amide bonds. The summed E-state index contributed by atoms with van der Waals surface area (Å²) in [6.07, 6.45) is 4.08. The molecule has 0 N–H and O–H groups in total. The van der Waals surface area contributed by atoms with Gasteiger partial charge in [-0.1, -0.05) is 6.92 Å². The van der Waals surface area contributed by atoms with Gasteiger partial charge in [-0.15, -0.1) is 0 Å². The van der Waals surface area contributed by atoms with Crippen molar-refractivity contribution in [1.29, 1.82) is 0 Å². The summed E-state index contributed by atoms with van der Waals surface area (Å²) in [5.41, 5.74) is 0.508. The van der Waals surface area contributed by atoms with E-state index in [0.29, 0.717) is 5.54 Å². The minimum Gasteiger partial charge on any atom is -0.296 e. The lowest BCUT2D eigenvalue weighted by Crippen LogP contribution is -2.44. The van der Waals surface area contributed by atoms with Gasteiger partial charge in [-0.25, -0.2) is 0 Å². The predicted molar refractivity (Wildman–Crippen MR) is 49.8 cm³/mol. The molecule has 0 aliphatic carbocycles. The van der Waals surface area contributed by atoms with Gasteiger partial charge < -0.3 is 0 Å². The highest BCUT2D eigenvalue weighted by atomic mass is 15.2. The van der Waals surface area contributed by atoms with Crippen LogP contribution >= 0.6 is 0 Å². The van der Waals surface area contributed by atoms with Crippen LogP contribution in [-0.2, 0) is 0 Å². The Morgan fingerprint density at radius 2 is 2.09 bits per heavy atom. The summed E-state index contributed by atoms with van der Waals surface area (Å²) in [5, 5.41) is 0. The zero-order valence-corrected chi connectivity index (χ0v) is 8.35. The molecule has 0 unspecified atom stereocenters. The summed E-state index contributed by atoms with van der Waals surface area (Å²) in [4.78, 5) is 2.65. The van der Waals surface area contributed by atoms with E-state index < -0.39 is 0 Å². The molecule has 1 saturated heterocycles. The van der Waals surface area contributed by atoms with Crippen LogP contribution in [-0.4, -0.2) is 23.0 Å². The first-order chi connectivity index (χ1) is 5.10. The second-order valence-corrected chi connectivity index (χ2v) is 4.24. The van der Waals surface area contributed by atoms with Gasteiger partial charge in [-0.3, -0.25) is 4.90 Å². The number of rotatable bonds is 2. The van der Waals surface area contributed by atoms with Crippen molar-refractivity contribution in [1.82, 2.24) is 4.90 Å². The smallest absolute Gasteiger partial charge is 0.0182 e. The summed E-state index contributed by atoms with van der Waals surface area (Å²) in [6, 6.07) is 0.724. The van der Waals surface area contributed by atoms with Gasteiger partial charge in [0.1, 0.15) is 0 Å². The highest BCUT2D eigenvalue weighted by Gasteiger charge is 2.35. The molecule has 0 saturated carbocycles. The summed E-state index contributed by atoms with van der Waals surface area (Å²) < 4.78 is 0. The van der Waals surface area contributed by atoms with Gasteiger partial charge in [0, 0.05) is 11.6 Å². The van der Waals surface area contributed by atoms with Crippen molar-refractivity contribution in [3.8, 4) is 0 Å².